The molecule has 0 spiro atoms. The molecule has 2 saturated heterocycles. The molecule has 2 aliphatic rings. The van der Waals surface area contributed by atoms with Crippen LogP contribution >= 0.6 is 24.0 Å². The summed E-state index contributed by atoms with van der Waals surface area (Å²) in [6, 6.07) is 8.51. The van der Waals surface area contributed by atoms with Crippen LogP contribution in [0, 0.1) is 0 Å². The summed E-state index contributed by atoms with van der Waals surface area (Å²) in [5, 5.41) is 6.76. The fourth-order valence-electron chi connectivity index (χ4n) is 3.63. The molecule has 2 N–H and O–H groups in total. The van der Waals surface area contributed by atoms with E-state index in [1.807, 2.05) is 0 Å². The quantitative estimate of drug-likeness (QED) is 0.314. The summed E-state index contributed by atoms with van der Waals surface area (Å²) < 4.78 is 17.3. The van der Waals surface area contributed by atoms with Crippen molar-refractivity contribution in [1.29, 1.82) is 0 Å². The topological polar surface area (TPSA) is 64.1 Å². The van der Waals surface area contributed by atoms with Crippen LogP contribution in [0.25, 0.3) is 0 Å². The Labute approximate surface area is 192 Å². The highest BCUT2D eigenvalue weighted by atomic mass is 127. The van der Waals surface area contributed by atoms with Crippen LogP contribution in [0.2, 0.25) is 0 Å². The molecular weight excluding hydrogens is 481 g/mol. The van der Waals surface area contributed by atoms with Gasteiger partial charge in [0.15, 0.2) is 5.96 Å². The van der Waals surface area contributed by atoms with E-state index in [9.17, 15) is 0 Å². The van der Waals surface area contributed by atoms with Crippen LogP contribution in [0.3, 0.4) is 0 Å². The summed E-state index contributed by atoms with van der Waals surface area (Å²) in [5.41, 5.74) is 2.30. The van der Waals surface area contributed by atoms with E-state index in [1.165, 1.54) is 11.1 Å². The van der Waals surface area contributed by atoms with Gasteiger partial charge in [-0.1, -0.05) is 24.3 Å². The fraction of sp³-hybridized carbons (Fsp3) is 0.682. The Kier molecular flexibility index (Phi) is 10.7. The Morgan fingerprint density at radius 3 is 2.72 bits per heavy atom. The van der Waals surface area contributed by atoms with Crippen molar-refractivity contribution in [2.75, 3.05) is 32.9 Å². The molecule has 1 unspecified atom stereocenters. The van der Waals surface area contributed by atoms with Crippen molar-refractivity contribution in [3.05, 3.63) is 35.4 Å². The number of hydrogen-bond donors (Lipinski definition) is 2. The lowest BCUT2D eigenvalue weighted by Gasteiger charge is -2.24. The minimum absolute atomic E-state index is 0. The van der Waals surface area contributed by atoms with Gasteiger partial charge >= 0.3 is 0 Å². The minimum atomic E-state index is -0.0857. The zero-order valence-corrected chi connectivity index (χ0v) is 20.1. The van der Waals surface area contributed by atoms with Crippen molar-refractivity contribution in [1.82, 2.24) is 10.6 Å². The Bertz CT molecular complexity index is 629. The van der Waals surface area contributed by atoms with E-state index in [1.54, 1.807) is 0 Å². The number of nitrogens with one attached hydrogen (secondary N) is 2. The van der Waals surface area contributed by atoms with Crippen molar-refractivity contribution in [3.63, 3.8) is 0 Å². The van der Waals surface area contributed by atoms with Gasteiger partial charge in [-0.15, -0.1) is 24.0 Å². The van der Waals surface area contributed by atoms with Crippen LogP contribution < -0.4 is 10.6 Å². The minimum Gasteiger partial charge on any atom is -0.381 e. The highest BCUT2D eigenvalue weighted by Gasteiger charge is 2.29. The number of hydrogen-bond acceptors (Lipinski definition) is 4. The van der Waals surface area contributed by atoms with Gasteiger partial charge in [0, 0.05) is 32.9 Å². The van der Waals surface area contributed by atoms with Gasteiger partial charge in [-0.3, -0.25) is 0 Å². The van der Waals surface area contributed by atoms with Gasteiger partial charge in [-0.05, 0) is 50.7 Å². The van der Waals surface area contributed by atoms with E-state index in [4.69, 9.17) is 19.2 Å². The van der Waals surface area contributed by atoms with Crippen molar-refractivity contribution in [2.24, 2.45) is 4.99 Å². The third kappa shape index (κ3) is 8.39. The summed E-state index contributed by atoms with van der Waals surface area (Å²) in [5.74, 6) is 0.836. The number of ether oxygens (including phenoxy) is 3. The Morgan fingerprint density at radius 2 is 2.00 bits per heavy atom. The van der Waals surface area contributed by atoms with Crippen molar-refractivity contribution in [3.8, 4) is 0 Å². The molecule has 2 heterocycles. The molecule has 6 nitrogen and oxygen atoms in total. The van der Waals surface area contributed by atoms with Crippen LogP contribution in [0.4, 0.5) is 0 Å². The van der Waals surface area contributed by atoms with Crippen LogP contribution in [0.15, 0.2) is 29.3 Å². The van der Waals surface area contributed by atoms with Crippen LogP contribution in [0.5, 0.6) is 0 Å². The summed E-state index contributed by atoms with van der Waals surface area (Å²) in [6.07, 6.45) is 4.52. The van der Waals surface area contributed by atoms with Gasteiger partial charge < -0.3 is 24.8 Å². The maximum Gasteiger partial charge on any atom is 0.191 e. The first-order valence-corrected chi connectivity index (χ1v) is 10.6. The van der Waals surface area contributed by atoms with E-state index < -0.39 is 0 Å². The van der Waals surface area contributed by atoms with Gasteiger partial charge in [0.25, 0.3) is 0 Å². The van der Waals surface area contributed by atoms with Crippen LogP contribution in [-0.2, 0) is 27.4 Å². The molecule has 0 radical (unpaired) electrons. The first kappa shape index (κ1) is 24.4. The second kappa shape index (κ2) is 12.7. The molecule has 0 bridgehead atoms. The van der Waals surface area contributed by atoms with Crippen molar-refractivity contribution < 1.29 is 14.2 Å². The second-order valence-corrected chi connectivity index (χ2v) is 7.89. The largest absolute Gasteiger partial charge is 0.381 e. The van der Waals surface area contributed by atoms with Crippen molar-refractivity contribution in [2.45, 2.75) is 64.4 Å². The van der Waals surface area contributed by atoms with Crippen LogP contribution in [-0.4, -0.2) is 50.6 Å². The summed E-state index contributed by atoms with van der Waals surface area (Å²) >= 11 is 0. The number of halogens is 1. The molecule has 1 aromatic rings. The maximum atomic E-state index is 6.04. The van der Waals surface area contributed by atoms with E-state index in [0.717, 1.165) is 64.6 Å². The molecule has 164 valence electrons. The van der Waals surface area contributed by atoms with Gasteiger partial charge in [0.2, 0.25) is 0 Å². The molecular formula is C22H36IN3O3. The monoisotopic (exact) mass is 517 g/mol. The van der Waals surface area contributed by atoms with E-state index in [0.29, 0.717) is 19.3 Å². The van der Waals surface area contributed by atoms with Gasteiger partial charge in [-0.25, -0.2) is 4.99 Å². The van der Waals surface area contributed by atoms with Crippen LogP contribution in [0.1, 0.15) is 50.7 Å². The molecule has 3 rings (SSSR count). The molecule has 2 fully saturated rings. The molecule has 1 aromatic carbocycles. The average molecular weight is 517 g/mol. The SMILES string of the molecule is CCNC(=NCc1cccc(COC2CCOCC2)c1)NCC1(C)CCCO1.I. The predicted molar refractivity (Wildman–Crippen MR) is 127 cm³/mol. The molecule has 0 amide bonds. The van der Waals surface area contributed by atoms with E-state index in [2.05, 4.69) is 48.7 Å². The number of aliphatic imine (C=N–C) groups is 1. The number of nitrogens with zero attached hydrogens (tertiary/aromatic N) is 1. The first-order chi connectivity index (χ1) is 13.7. The summed E-state index contributed by atoms with van der Waals surface area (Å²) in [6.45, 7) is 9.62. The van der Waals surface area contributed by atoms with Gasteiger partial charge in [0.1, 0.15) is 0 Å². The lowest BCUT2D eigenvalue weighted by atomic mass is 10.0. The van der Waals surface area contributed by atoms with Crippen molar-refractivity contribution >= 4 is 29.9 Å². The number of benzene rings is 1. The highest BCUT2D eigenvalue weighted by Crippen LogP contribution is 2.23. The predicted octanol–water partition coefficient (Wildman–Crippen LogP) is 3.62. The lowest BCUT2D eigenvalue weighted by Crippen LogP contribution is -2.45. The van der Waals surface area contributed by atoms with Gasteiger partial charge in [0.05, 0.1) is 24.9 Å². The second-order valence-electron chi connectivity index (χ2n) is 7.89. The van der Waals surface area contributed by atoms with E-state index >= 15 is 0 Å². The molecule has 29 heavy (non-hydrogen) atoms. The average Bonchev–Trinajstić information content (AvgIpc) is 3.16. The van der Waals surface area contributed by atoms with Gasteiger partial charge in [-0.2, -0.15) is 0 Å². The smallest absolute Gasteiger partial charge is 0.191 e. The fourth-order valence-corrected chi connectivity index (χ4v) is 3.63. The first-order valence-electron chi connectivity index (χ1n) is 10.6. The third-order valence-electron chi connectivity index (χ3n) is 5.34. The van der Waals surface area contributed by atoms with E-state index in [-0.39, 0.29) is 29.6 Å². The molecule has 1 atom stereocenters. The molecule has 0 aromatic heterocycles. The highest BCUT2D eigenvalue weighted by molar-refractivity contribution is 14.0. The molecule has 2 aliphatic heterocycles. The number of rotatable bonds is 8. The number of guanidine groups is 1. The maximum absolute atomic E-state index is 6.04. The third-order valence-corrected chi connectivity index (χ3v) is 5.34. The zero-order valence-electron chi connectivity index (χ0n) is 17.7. The Hall–Kier alpha value is -0.900. The Balaban J connectivity index is 0.00000300. The molecule has 0 aliphatic carbocycles. The lowest BCUT2D eigenvalue weighted by molar-refractivity contribution is -0.0390. The normalized spacial score (nSPS) is 22.9. The summed E-state index contributed by atoms with van der Waals surface area (Å²) in [4.78, 5) is 4.75. The summed E-state index contributed by atoms with van der Waals surface area (Å²) in [7, 11) is 0. The molecule has 0 saturated carbocycles. The standard InChI is InChI=1S/C22H35N3O3.HI/c1-3-23-21(25-17-22(2)10-5-11-28-22)24-15-18-6-4-7-19(14-18)16-27-20-8-12-26-13-9-20;/h4,6-7,14,20H,3,5,8-13,15-17H2,1-2H3,(H2,23,24,25);1H. The molecule has 7 heteroatoms. The zero-order chi connectivity index (χ0) is 19.7. The Morgan fingerprint density at radius 1 is 1.21 bits per heavy atom.